The summed E-state index contributed by atoms with van der Waals surface area (Å²) in [5, 5.41) is 29.4. The molecule has 1 aliphatic carbocycles. The average Bonchev–Trinajstić information content (AvgIpc) is 2.66. The second-order valence-corrected chi connectivity index (χ2v) is 7.24. The van der Waals surface area contributed by atoms with Crippen molar-refractivity contribution in [1.29, 1.82) is 0 Å². The smallest absolute Gasteiger partial charge is 0.336 e. The van der Waals surface area contributed by atoms with E-state index in [0.29, 0.717) is 17.6 Å². The van der Waals surface area contributed by atoms with Crippen molar-refractivity contribution in [3.8, 4) is 11.8 Å². The van der Waals surface area contributed by atoms with E-state index in [0.717, 1.165) is 0 Å². The number of carbonyl (C=O) groups is 1. The average molecular weight is 297 g/mol. The fraction of sp³-hybridized carbons (Fsp3) is 0.667. The van der Waals surface area contributed by atoms with E-state index in [4.69, 9.17) is 4.84 Å². The molecule has 118 valence electrons. The van der Waals surface area contributed by atoms with Crippen LogP contribution in [0.5, 0.6) is 11.8 Å². The first kappa shape index (κ1) is 15.7. The van der Waals surface area contributed by atoms with Crippen molar-refractivity contribution in [2.75, 3.05) is 0 Å². The van der Waals surface area contributed by atoms with Gasteiger partial charge in [-0.05, 0) is 23.7 Å². The van der Waals surface area contributed by atoms with Crippen LogP contribution in [0.25, 0.3) is 0 Å². The molecule has 0 atom stereocenters. The molecule has 0 spiro atoms. The van der Waals surface area contributed by atoms with E-state index in [1.807, 2.05) is 27.7 Å². The molecule has 6 nitrogen and oxygen atoms in total. The molecule has 2 rings (SSSR count). The number of hydrogen-bond donors (Lipinski definition) is 3. The van der Waals surface area contributed by atoms with E-state index >= 15 is 0 Å². The fourth-order valence-corrected chi connectivity index (χ4v) is 3.45. The van der Waals surface area contributed by atoms with Crippen LogP contribution in [-0.4, -0.2) is 32.1 Å². The predicted octanol–water partition coefficient (Wildman–Crippen LogP) is 1.68. The molecule has 1 saturated carbocycles. The first-order valence-electron chi connectivity index (χ1n) is 7.04. The lowest BCUT2D eigenvalue weighted by atomic mass is 9.59. The molecule has 0 saturated heterocycles. The summed E-state index contributed by atoms with van der Waals surface area (Å²) in [4.78, 5) is 17.4. The molecule has 0 radical (unpaired) electrons. The number of aliphatic hydroxyl groups is 1. The van der Waals surface area contributed by atoms with Gasteiger partial charge in [0.15, 0.2) is 0 Å². The number of hydrogen-bond acceptors (Lipinski definition) is 5. The van der Waals surface area contributed by atoms with E-state index < -0.39 is 28.8 Å². The number of carbonyl (C=O) groups excluding carboxylic acids is 1. The van der Waals surface area contributed by atoms with Crippen molar-refractivity contribution in [3.05, 3.63) is 12.1 Å². The van der Waals surface area contributed by atoms with Crippen LogP contribution in [0.2, 0.25) is 0 Å². The Hall–Kier alpha value is -1.69. The molecule has 6 heteroatoms. The van der Waals surface area contributed by atoms with Crippen molar-refractivity contribution in [3.63, 3.8) is 0 Å². The third-order valence-corrected chi connectivity index (χ3v) is 4.34. The van der Waals surface area contributed by atoms with E-state index in [1.54, 1.807) is 0 Å². The standard InChI is InChI=1S/C15H23NO5/c1-14(2)7-9(8-15(3,4)13(14)20)12(19)21-16-10(17)5-6-11(16)18/h5-6,9,13,17-18,20H,7-8H2,1-4H3. The lowest BCUT2D eigenvalue weighted by Crippen LogP contribution is -2.50. The van der Waals surface area contributed by atoms with Crippen molar-refractivity contribution < 1.29 is 25.0 Å². The summed E-state index contributed by atoms with van der Waals surface area (Å²) >= 11 is 0. The van der Waals surface area contributed by atoms with Crippen molar-refractivity contribution in [1.82, 2.24) is 4.73 Å². The number of rotatable bonds is 2. The van der Waals surface area contributed by atoms with E-state index in [1.165, 1.54) is 12.1 Å². The largest absolute Gasteiger partial charge is 0.492 e. The first-order chi connectivity index (χ1) is 9.54. The topological polar surface area (TPSA) is 91.9 Å². The van der Waals surface area contributed by atoms with Gasteiger partial charge in [0.25, 0.3) is 0 Å². The number of aliphatic hydroxyl groups excluding tert-OH is 1. The molecule has 0 unspecified atom stereocenters. The van der Waals surface area contributed by atoms with Gasteiger partial charge in [-0.15, -0.1) is 4.73 Å². The molecule has 1 heterocycles. The Morgan fingerprint density at radius 1 is 1.14 bits per heavy atom. The Kier molecular flexibility index (Phi) is 3.70. The highest BCUT2D eigenvalue weighted by molar-refractivity contribution is 5.73. The molecular weight excluding hydrogens is 274 g/mol. The van der Waals surface area contributed by atoms with E-state index in [-0.39, 0.29) is 11.8 Å². The highest BCUT2D eigenvalue weighted by Gasteiger charge is 2.49. The maximum Gasteiger partial charge on any atom is 0.336 e. The molecule has 0 bridgehead atoms. The maximum absolute atomic E-state index is 12.3. The molecule has 0 aliphatic heterocycles. The Morgan fingerprint density at radius 3 is 2.00 bits per heavy atom. The summed E-state index contributed by atoms with van der Waals surface area (Å²) in [6, 6.07) is 2.47. The Labute approximate surface area is 123 Å². The van der Waals surface area contributed by atoms with Gasteiger partial charge >= 0.3 is 5.97 Å². The third kappa shape index (κ3) is 2.85. The van der Waals surface area contributed by atoms with Crippen LogP contribution >= 0.6 is 0 Å². The van der Waals surface area contributed by atoms with Crippen LogP contribution in [0.3, 0.4) is 0 Å². The molecule has 1 fully saturated rings. The molecule has 0 amide bonds. The predicted molar refractivity (Wildman–Crippen MR) is 75.6 cm³/mol. The van der Waals surface area contributed by atoms with Crippen LogP contribution in [0, 0.1) is 16.7 Å². The van der Waals surface area contributed by atoms with Crippen LogP contribution in [0.1, 0.15) is 40.5 Å². The molecule has 1 aromatic rings. The molecular formula is C15H23NO5. The lowest BCUT2D eigenvalue weighted by Gasteiger charge is -2.48. The minimum Gasteiger partial charge on any atom is -0.492 e. The van der Waals surface area contributed by atoms with E-state index in [2.05, 4.69) is 0 Å². The quantitative estimate of drug-likeness (QED) is 0.772. The van der Waals surface area contributed by atoms with Crippen molar-refractivity contribution in [2.45, 2.75) is 46.6 Å². The molecule has 0 aromatic carbocycles. The summed E-state index contributed by atoms with van der Waals surface area (Å²) in [6.45, 7) is 7.68. The van der Waals surface area contributed by atoms with Crippen LogP contribution in [-0.2, 0) is 4.79 Å². The zero-order chi connectivity index (χ0) is 16.0. The third-order valence-electron chi connectivity index (χ3n) is 4.34. The van der Waals surface area contributed by atoms with Gasteiger partial charge in [0.2, 0.25) is 11.8 Å². The second kappa shape index (κ2) is 4.94. The Bertz CT molecular complexity index is 509. The highest BCUT2D eigenvalue weighted by atomic mass is 16.7. The minimum absolute atomic E-state index is 0.338. The number of aromatic nitrogens is 1. The summed E-state index contributed by atoms with van der Waals surface area (Å²) < 4.78 is 0.702. The zero-order valence-corrected chi connectivity index (χ0v) is 12.8. The van der Waals surface area contributed by atoms with Gasteiger partial charge in [0.1, 0.15) is 0 Å². The van der Waals surface area contributed by atoms with Crippen LogP contribution in [0.4, 0.5) is 0 Å². The SMILES string of the molecule is CC1(C)CC(C(=O)On2c(O)ccc2O)CC(C)(C)C1O. The summed E-state index contributed by atoms with van der Waals surface area (Å²) in [5.41, 5.74) is -0.821. The van der Waals surface area contributed by atoms with Crippen LogP contribution in [0.15, 0.2) is 12.1 Å². The normalized spacial score (nSPS) is 27.3. The van der Waals surface area contributed by atoms with Gasteiger partial charge in [0.05, 0.1) is 12.0 Å². The zero-order valence-electron chi connectivity index (χ0n) is 12.8. The van der Waals surface area contributed by atoms with Gasteiger partial charge < -0.3 is 20.2 Å². The maximum atomic E-state index is 12.3. The van der Waals surface area contributed by atoms with Crippen molar-refractivity contribution in [2.24, 2.45) is 16.7 Å². The summed E-state index contributed by atoms with van der Waals surface area (Å²) in [6.07, 6.45) is 0.459. The molecule has 3 N–H and O–H groups in total. The summed E-state index contributed by atoms with van der Waals surface area (Å²) in [7, 11) is 0. The Morgan fingerprint density at radius 2 is 1.57 bits per heavy atom. The molecule has 1 aliphatic rings. The van der Waals surface area contributed by atoms with Gasteiger partial charge in [-0.3, -0.25) is 0 Å². The van der Waals surface area contributed by atoms with Crippen LogP contribution < -0.4 is 4.84 Å². The molecule has 1 aromatic heterocycles. The van der Waals surface area contributed by atoms with Gasteiger partial charge in [-0.2, -0.15) is 0 Å². The highest BCUT2D eigenvalue weighted by Crippen LogP contribution is 2.48. The Balaban J connectivity index is 2.17. The lowest BCUT2D eigenvalue weighted by molar-refractivity contribution is -0.162. The molecule has 21 heavy (non-hydrogen) atoms. The second-order valence-electron chi connectivity index (χ2n) is 7.24. The summed E-state index contributed by atoms with van der Waals surface area (Å²) in [5.74, 6) is -1.60. The fourth-order valence-electron chi connectivity index (χ4n) is 3.45. The van der Waals surface area contributed by atoms with Gasteiger partial charge in [-0.25, -0.2) is 4.79 Å². The number of nitrogens with zero attached hydrogens (tertiary/aromatic N) is 1. The first-order valence-corrected chi connectivity index (χ1v) is 7.04. The number of aromatic hydroxyl groups is 2. The minimum atomic E-state index is -0.523. The van der Waals surface area contributed by atoms with E-state index in [9.17, 15) is 20.1 Å². The van der Waals surface area contributed by atoms with Gasteiger partial charge in [-0.1, -0.05) is 27.7 Å². The van der Waals surface area contributed by atoms with Gasteiger partial charge in [0, 0.05) is 12.1 Å². The van der Waals surface area contributed by atoms with Crippen molar-refractivity contribution >= 4 is 5.97 Å². The monoisotopic (exact) mass is 297 g/mol.